The Morgan fingerprint density at radius 2 is 0.920 bits per heavy atom. The molecule has 1 aliphatic rings. The molecule has 0 aliphatic heterocycles. The highest BCUT2D eigenvalue weighted by molar-refractivity contribution is 5.85. The minimum absolute atomic E-state index is 0.476. The minimum Gasteiger partial charge on any atom is -0.260 e. The third-order valence-corrected chi connectivity index (χ3v) is 5.05. The second-order valence-corrected chi connectivity index (χ2v) is 6.27. The van der Waals surface area contributed by atoms with Crippen LogP contribution in [-0.2, 0) is 5.41 Å². The van der Waals surface area contributed by atoms with E-state index in [9.17, 15) is 0 Å². The number of hydrogen-bond acceptors (Lipinski definition) is 2. The van der Waals surface area contributed by atoms with Crippen molar-refractivity contribution in [3.8, 4) is 11.1 Å². The van der Waals surface area contributed by atoms with Crippen molar-refractivity contribution in [1.29, 1.82) is 0 Å². The normalized spacial score (nSPS) is 13.9. The number of pyridine rings is 2. The predicted molar refractivity (Wildman–Crippen MR) is 99.3 cm³/mol. The van der Waals surface area contributed by atoms with Crippen molar-refractivity contribution < 1.29 is 0 Å². The molecule has 2 heteroatoms. The summed E-state index contributed by atoms with van der Waals surface area (Å²) in [6.07, 6.45) is 3.73. The van der Waals surface area contributed by atoms with Crippen molar-refractivity contribution in [3.05, 3.63) is 120 Å². The molecular weight excluding hydrogens is 304 g/mol. The third-order valence-electron chi connectivity index (χ3n) is 5.05. The molecule has 0 N–H and O–H groups in total. The van der Waals surface area contributed by atoms with Gasteiger partial charge < -0.3 is 0 Å². The Bertz CT molecular complexity index is 953. The van der Waals surface area contributed by atoms with Crippen LogP contribution in [0, 0.1) is 0 Å². The van der Waals surface area contributed by atoms with Crippen molar-refractivity contribution in [3.63, 3.8) is 0 Å². The molecule has 5 rings (SSSR count). The molecule has 0 unspecified atom stereocenters. The van der Waals surface area contributed by atoms with Gasteiger partial charge in [-0.25, -0.2) is 0 Å². The van der Waals surface area contributed by atoms with Gasteiger partial charge in [0.25, 0.3) is 0 Å². The summed E-state index contributed by atoms with van der Waals surface area (Å²) in [6.45, 7) is 0. The van der Waals surface area contributed by atoms with E-state index in [1.54, 1.807) is 0 Å². The Labute approximate surface area is 146 Å². The van der Waals surface area contributed by atoms with Crippen LogP contribution in [0.3, 0.4) is 0 Å². The molecule has 0 atom stereocenters. The number of rotatable bonds is 2. The van der Waals surface area contributed by atoms with Crippen molar-refractivity contribution in [1.82, 2.24) is 9.97 Å². The summed E-state index contributed by atoms with van der Waals surface area (Å²) >= 11 is 0. The van der Waals surface area contributed by atoms with E-state index >= 15 is 0 Å². The van der Waals surface area contributed by atoms with E-state index in [1.165, 1.54) is 22.3 Å². The summed E-state index contributed by atoms with van der Waals surface area (Å²) in [6, 6.07) is 29.4. The average molecular weight is 320 g/mol. The van der Waals surface area contributed by atoms with Gasteiger partial charge in [-0.1, -0.05) is 60.7 Å². The van der Waals surface area contributed by atoms with Gasteiger partial charge in [0.2, 0.25) is 0 Å². The molecule has 0 amide bonds. The molecule has 2 aromatic carbocycles. The Hall–Kier alpha value is -3.26. The largest absolute Gasteiger partial charge is 0.260 e. The minimum atomic E-state index is -0.476. The number of hydrogen-bond donors (Lipinski definition) is 0. The summed E-state index contributed by atoms with van der Waals surface area (Å²) in [5.41, 5.74) is 6.54. The van der Waals surface area contributed by atoms with Crippen LogP contribution in [0.4, 0.5) is 0 Å². The zero-order valence-corrected chi connectivity index (χ0v) is 13.6. The van der Waals surface area contributed by atoms with E-state index in [1.807, 2.05) is 24.5 Å². The standard InChI is InChI=1S/C23H16N2/c1-3-11-19-17(9-1)18-10-2-4-12-20(18)23(19,21-13-5-7-15-24-21)22-14-6-8-16-25-22/h1-16H. The molecule has 0 bridgehead atoms. The highest BCUT2D eigenvalue weighted by Crippen LogP contribution is 2.54. The Morgan fingerprint density at radius 1 is 0.480 bits per heavy atom. The first-order valence-electron chi connectivity index (χ1n) is 8.45. The molecule has 4 aromatic rings. The van der Waals surface area contributed by atoms with E-state index in [-0.39, 0.29) is 0 Å². The van der Waals surface area contributed by atoms with Gasteiger partial charge in [-0.2, -0.15) is 0 Å². The highest BCUT2D eigenvalue weighted by atomic mass is 14.8. The number of nitrogens with zero attached hydrogens (tertiary/aromatic N) is 2. The van der Waals surface area contributed by atoms with Crippen LogP contribution in [0.1, 0.15) is 22.5 Å². The van der Waals surface area contributed by atoms with Gasteiger partial charge in [-0.05, 0) is 46.5 Å². The van der Waals surface area contributed by atoms with E-state index in [0.717, 1.165) is 11.4 Å². The zero-order valence-electron chi connectivity index (χ0n) is 13.6. The predicted octanol–water partition coefficient (Wildman–Crippen LogP) is 4.84. The molecule has 0 spiro atoms. The summed E-state index contributed by atoms with van der Waals surface area (Å²) in [4.78, 5) is 9.53. The first-order valence-corrected chi connectivity index (χ1v) is 8.45. The lowest BCUT2D eigenvalue weighted by Gasteiger charge is -2.31. The van der Waals surface area contributed by atoms with Crippen LogP contribution in [0.15, 0.2) is 97.3 Å². The number of aromatic nitrogens is 2. The maximum absolute atomic E-state index is 4.77. The molecule has 1 aliphatic carbocycles. The van der Waals surface area contributed by atoms with Gasteiger partial charge in [0.15, 0.2) is 0 Å². The van der Waals surface area contributed by atoms with Crippen LogP contribution in [0.2, 0.25) is 0 Å². The zero-order chi connectivity index (χ0) is 16.7. The molecule has 0 saturated heterocycles. The summed E-state index contributed by atoms with van der Waals surface area (Å²) in [7, 11) is 0. The molecule has 2 nitrogen and oxygen atoms in total. The second-order valence-electron chi connectivity index (χ2n) is 6.27. The Morgan fingerprint density at radius 3 is 1.36 bits per heavy atom. The van der Waals surface area contributed by atoms with Gasteiger partial charge in [0.1, 0.15) is 5.41 Å². The van der Waals surface area contributed by atoms with Crippen molar-refractivity contribution in [2.45, 2.75) is 5.41 Å². The maximum atomic E-state index is 4.77. The Balaban J connectivity index is 1.98. The van der Waals surface area contributed by atoms with E-state index < -0.39 is 5.41 Å². The topological polar surface area (TPSA) is 25.8 Å². The fraction of sp³-hybridized carbons (Fsp3) is 0.0435. The third kappa shape index (κ3) is 1.85. The molecule has 0 fully saturated rings. The van der Waals surface area contributed by atoms with Crippen molar-refractivity contribution in [2.75, 3.05) is 0 Å². The lowest BCUT2D eigenvalue weighted by Crippen LogP contribution is -2.30. The summed E-state index contributed by atoms with van der Waals surface area (Å²) in [5, 5.41) is 0. The van der Waals surface area contributed by atoms with Gasteiger partial charge in [0.05, 0.1) is 11.4 Å². The Kier molecular flexibility index (Phi) is 3.04. The van der Waals surface area contributed by atoms with E-state index in [2.05, 4.69) is 72.8 Å². The van der Waals surface area contributed by atoms with Crippen molar-refractivity contribution >= 4 is 0 Å². The van der Waals surface area contributed by atoms with Crippen LogP contribution >= 0.6 is 0 Å². The number of benzene rings is 2. The van der Waals surface area contributed by atoms with Gasteiger partial charge in [-0.3, -0.25) is 9.97 Å². The smallest absolute Gasteiger partial charge is 0.106 e. The lowest BCUT2D eigenvalue weighted by molar-refractivity contribution is 0.706. The maximum Gasteiger partial charge on any atom is 0.106 e. The molecule has 25 heavy (non-hydrogen) atoms. The molecule has 2 heterocycles. The molecule has 0 saturated carbocycles. The SMILES string of the molecule is c1ccc(C2(c3ccccn3)c3ccccc3-c3ccccc32)nc1. The second kappa shape index (κ2) is 5.38. The fourth-order valence-electron chi connectivity index (χ4n) is 4.09. The molecule has 2 aromatic heterocycles. The van der Waals surface area contributed by atoms with Crippen LogP contribution in [-0.4, -0.2) is 9.97 Å². The van der Waals surface area contributed by atoms with Gasteiger partial charge >= 0.3 is 0 Å². The summed E-state index contributed by atoms with van der Waals surface area (Å²) < 4.78 is 0. The van der Waals surface area contributed by atoms with Crippen LogP contribution in [0.25, 0.3) is 11.1 Å². The monoisotopic (exact) mass is 320 g/mol. The average Bonchev–Trinajstić information content (AvgIpc) is 3.01. The van der Waals surface area contributed by atoms with Gasteiger partial charge in [0, 0.05) is 12.4 Å². The fourth-order valence-corrected chi connectivity index (χ4v) is 4.09. The first-order chi connectivity index (χ1) is 12.4. The highest BCUT2D eigenvalue weighted by Gasteiger charge is 2.47. The lowest BCUT2D eigenvalue weighted by atomic mass is 9.72. The first kappa shape index (κ1) is 14.1. The van der Waals surface area contributed by atoms with Crippen LogP contribution in [0.5, 0.6) is 0 Å². The van der Waals surface area contributed by atoms with E-state index in [0.29, 0.717) is 0 Å². The summed E-state index contributed by atoms with van der Waals surface area (Å²) in [5.74, 6) is 0. The number of fused-ring (bicyclic) bond motifs is 3. The molecule has 118 valence electrons. The quantitative estimate of drug-likeness (QED) is 0.465. The van der Waals surface area contributed by atoms with Crippen molar-refractivity contribution in [2.24, 2.45) is 0 Å². The van der Waals surface area contributed by atoms with E-state index in [4.69, 9.17) is 9.97 Å². The van der Waals surface area contributed by atoms with Gasteiger partial charge in [-0.15, -0.1) is 0 Å². The molecule has 0 radical (unpaired) electrons. The molecular formula is C23H16N2. The van der Waals surface area contributed by atoms with Crippen LogP contribution < -0.4 is 0 Å².